The summed E-state index contributed by atoms with van der Waals surface area (Å²) in [6.45, 7) is 2.03. The Morgan fingerprint density at radius 3 is 2.79 bits per heavy atom. The van der Waals surface area contributed by atoms with Crippen molar-refractivity contribution in [1.29, 1.82) is 0 Å². The fourth-order valence-electron chi connectivity index (χ4n) is 2.83. The number of benzene rings is 2. The van der Waals surface area contributed by atoms with E-state index in [4.69, 9.17) is 4.74 Å². The largest absolute Gasteiger partial charge is 0.462 e. The standard InChI is InChI=1S/C21H21N3O4/c1-2-28-21(27)14-7-5-8-15(13-14)22-19(25)12-6-11-18-23-17-10-4-3-9-16(17)20(26)24-18/h3-5,7-10,13H,2,6,11-12H2,1H3,(H,22,25)(H,23,24,26). The molecular weight excluding hydrogens is 358 g/mol. The van der Waals surface area contributed by atoms with Crippen molar-refractivity contribution in [1.82, 2.24) is 9.97 Å². The van der Waals surface area contributed by atoms with Crippen molar-refractivity contribution in [3.63, 3.8) is 0 Å². The number of carbonyl (C=O) groups excluding carboxylic acids is 2. The third kappa shape index (κ3) is 4.82. The SMILES string of the molecule is CCOC(=O)c1cccc(NC(=O)CCCc2nc3ccccc3c(=O)[nH]2)c1. The first kappa shape index (κ1) is 19.3. The number of aromatic nitrogens is 2. The molecule has 7 nitrogen and oxygen atoms in total. The number of hydrogen-bond acceptors (Lipinski definition) is 5. The van der Waals surface area contributed by atoms with Gasteiger partial charge >= 0.3 is 5.97 Å². The average Bonchev–Trinajstić information content (AvgIpc) is 2.68. The molecule has 7 heteroatoms. The lowest BCUT2D eigenvalue weighted by atomic mass is 10.2. The molecule has 0 atom stereocenters. The molecular formula is C21H21N3O4. The number of amides is 1. The highest BCUT2D eigenvalue weighted by molar-refractivity contribution is 5.94. The number of para-hydroxylation sites is 1. The van der Waals surface area contributed by atoms with Crippen LogP contribution in [-0.4, -0.2) is 28.5 Å². The minimum atomic E-state index is -0.426. The van der Waals surface area contributed by atoms with Crippen molar-refractivity contribution in [3.05, 3.63) is 70.3 Å². The van der Waals surface area contributed by atoms with Gasteiger partial charge < -0.3 is 15.0 Å². The number of aromatic amines is 1. The van der Waals surface area contributed by atoms with E-state index in [0.717, 1.165) is 0 Å². The Balaban J connectivity index is 1.56. The van der Waals surface area contributed by atoms with E-state index in [-0.39, 0.29) is 17.9 Å². The van der Waals surface area contributed by atoms with Gasteiger partial charge in [0.2, 0.25) is 5.91 Å². The number of rotatable bonds is 7. The van der Waals surface area contributed by atoms with E-state index in [1.54, 1.807) is 49.4 Å². The van der Waals surface area contributed by atoms with Gasteiger partial charge in [-0.25, -0.2) is 9.78 Å². The molecule has 0 aliphatic heterocycles. The number of hydrogen-bond donors (Lipinski definition) is 2. The van der Waals surface area contributed by atoms with Gasteiger partial charge in [-0.1, -0.05) is 18.2 Å². The summed E-state index contributed by atoms with van der Waals surface area (Å²) in [7, 11) is 0. The van der Waals surface area contributed by atoms with Crippen molar-refractivity contribution in [2.24, 2.45) is 0 Å². The van der Waals surface area contributed by atoms with Gasteiger partial charge in [0.25, 0.3) is 5.56 Å². The van der Waals surface area contributed by atoms with Crippen LogP contribution in [0, 0.1) is 0 Å². The first-order valence-electron chi connectivity index (χ1n) is 9.12. The fraction of sp³-hybridized carbons (Fsp3) is 0.238. The Morgan fingerprint density at radius 1 is 1.14 bits per heavy atom. The Kier molecular flexibility index (Phi) is 6.16. The molecule has 144 valence electrons. The van der Waals surface area contributed by atoms with Crippen LogP contribution in [0.4, 0.5) is 5.69 Å². The molecule has 0 saturated heterocycles. The first-order chi connectivity index (χ1) is 13.6. The summed E-state index contributed by atoms with van der Waals surface area (Å²) in [5.41, 5.74) is 1.38. The zero-order chi connectivity index (χ0) is 19.9. The van der Waals surface area contributed by atoms with Gasteiger partial charge in [0, 0.05) is 18.5 Å². The van der Waals surface area contributed by atoms with Crippen LogP contribution in [0.2, 0.25) is 0 Å². The molecule has 0 bridgehead atoms. The normalized spacial score (nSPS) is 10.6. The highest BCUT2D eigenvalue weighted by atomic mass is 16.5. The molecule has 0 radical (unpaired) electrons. The van der Waals surface area contributed by atoms with Crippen molar-refractivity contribution in [2.45, 2.75) is 26.2 Å². The third-order valence-electron chi connectivity index (χ3n) is 4.14. The van der Waals surface area contributed by atoms with E-state index in [1.807, 2.05) is 6.07 Å². The number of nitrogens with one attached hydrogen (secondary N) is 2. The summed E-state index contributed by atoms with van der Waals surface area (Å²) < 4.78 is 4.95. The summed E-state index contributed by atoms with van der Waals surface area (Å²) in [5.74, 6) is -0.0464. The molecule has 2 aromatic carbocycles. The summed E-state index contributed by atoms with van der Waals surface area (Å²) in [5, 5.41) is 3.31. The highest BCUT2D eigenvalue weighted by Gasteiger charge is 2.09. The smallest absolute Gasteiger partial charge is 0.338 e. The number of anilines is 1. The van der Waals surface area contributed by atoms with Crippen molar-refractivity contribution in [2.75, 3.05) is 11.9 Å². The van der Waals surface area contributed by atoms with Crippen LogP contribution in [0.3, 0.4) is 0 Å². The Morgan fingerprint density at radius 2 is 1.96 bits per heavy atom. The number of esters is 1. The Hall–Kier alpha value is -3.48. The predicted octanol–water partition coefficient (Wildman–Crippen LogP) is 3.06. The van der Waals surface area contributed by atoms with E-state index < -0.39 is 5.97 Å². The van der Waals surface area contributed by atoms with E-state index in [1.165, 1.54) is 0 Å². The van der Waals surface area contributed by atoms with Gasteiger partial charge in [-0.05, 0) is 43.7 Å². The zero-order valence-electron chi connectivity index (χ0n) is 15.5. The monoisotopic (exact) mass is 379 g/mol. The van der Waals surface area contributed by atoms with Crippen LogP contribution in [0.25, 0.3) is 10.9 Å². The summed E-state index contributed by atoms with van der Waals surface area (Å²) in [4.78, 5) is 43.2. The molecule has 2 N–H and O–H groups in total. The number of nitrogens with zero attached hydrogens (tertiary/aromatic N) is 1. The van der Waals surface area contributed by atoms with Crippen LogP contribution in [0.5, 0.6) is 0 Å². The number of fused-ring (bicyclic) bond motifs is 1. The molecule has 0 spiro atoms. The van der Waals surface area contributed by atoms with Crippen LogP contribution < -0.4 is 10.9 Å². The molecule has 0 saturated carbocycles. The highest BCUT2D eigenvalue weighted by Crippen LogP contribution is 2.13. The van der Waals surface area contributed by atoms with Gasteiger partial charge in [-0.3, -0.25) is 9.59 Å². The average molecular weight is 379 g/mol. The lowest BCUT2D eigenvalue weighted by molar-refractivity contribution is -0.116. The Bertz CT molecular complexity index is 1060. The second-order valence-corrected chi connectivity index (χ2v) is 6.23. The number of carbonyl (C=O) groups is 2. The summed E-state index contributed by atoms with van der Waals surface area (Å²) in [6, 6.07) is 13.7. The second-order valence-electron chi connectivity index (χ2n) is 6.23. The Labute approximate surface area is 161 Å². The summed E-state index contributed by atoms with van der Waals surface area (Å²) >= 11 is 0. The summed E-state index contributed by atoms with van der Waals surface area (Å²) in [6.07, 6.45) is 1.28. The lowest BCUT2D eigenvalue weighted by Gasteiger charge is -2.07. The first-order valence-corrected chi connectivity index (χ1v) is 9.12. The molecule has 0 aliphatic carbocycles. The van der Waals surface area contributed by atoms with Crippen LogP contribution in [-0.2, 0) is 16.0 Å². The van der Waals surface area contributed by atoms with Gasteiger partial charge in [0.05, 0.1) is 23.1 Å². The molecule has 28 heavy (non-hydrogen) atoms. The van der Waals surface area contributed by atoms with Crippen molar-refractivity contribution < 1.29 is 14.3 Å². The van der Waals surface area contributed by atoms with Crippen molar-refractivity contribution >= 4 is 28.5 Å². The molecule has 1 heterocycles. The lowest BCUT2D eigenvalue weighted by Crippen LogP contribution is -2.14. The minimum absolute atomic E-state index is 0.177. The molecule has 3 aromatic rings. The molecule has 0 aliphatic rings. The number of H-pyrrole nitrogens is 1. The van der Waals surface area contributed by atoms with E-state index in [2.05, 4.69) is 15.3 Å². The van der Waals surface area contributed by atoms with Gasteiger partial charge in [-0.15, -0.1) is 0 Å². The van der Waals surface area contributed by atoms with E-state index in [0.29, 0.717) is 47.4 Å². The van der Waals surface area contributed by atoms with Crippen molar-refractivity contribution in [3.8, 4) is 0 Å². The minimum Gasteiger partial charge on any atom is -0.462 e. The van der Waals surface area contributed by atoms with Gasteiger partial charge in [0.1, 0.15) is 5.82 Å². The van der Waals surface area contributed by atoms with E-state index >= 15 is 0 Å². The predicted molar refractivity (Wildman–Crippen MR) is 106 cm³/mol. The molecule has 1 amide bonds. The maximum Gasteiger partial charge on any atom is 0.338 e. The second kappa shape index (κ2) is 8.94. The molecule has 0 fully saturated rings. The topological polar surface area (TPSA) is 101 Å². The van der Waals surface area contributed by atoms with Crippen LogP contribution >= 0.6 is 0 Å². The molecule has 1 aromatic heterocycles. The van der Waals surface area contributed by atoms with Gasteiger partial charge in [-0.2, -0.15) is 0 Å². The van der Waals surface area contributed by atoms with E-state index in [9.17, 15) is 14.4 Å². The maximum absolute atomic E-state index is 12.2. The number of aryl methyl sites for hydroxylation is 1. The maximum atomic E-state index is 12.2. The fourth-order valence-corrected chi connectivity index (χ4v) is 2.83. The molecule has 3 rings (SSSR count). The van der Waals surface area contributed by atoms with Crippen LogP contribution in [0.15, 0.2) is 53.3 Å². The molecule has 0 unspecified atom stereocenters. The van der Waals surface area contributed by atoms with Crippen LogP contribution in [0.1, 0.15) is 35.9 Å². The zero-order valence-corrected chi connectivity index (χ0v) is 15.5. The third-order valence-corrected chi connectivity index (χ3v) is 4.14. The van der Waals surface area contributed by atoms with Gasteiger partial charge in [0.15, 0.2) is 0 Å². The quantitative estimate of drug-likeness (QED) is 0.615. The number of ether oxygens (including phenoxy) is 1.